The molecule has 2 rings (SSSR count). The molecule has 1 heterocycles. The minimum Gasteiger partial charge on any atom is -0.304 e. The summed E-state index contributed by atoms with van der Waals surface area (Å²) in [5, 5.41) is 3.39. The number of halogens is 1. The van der Waals surface area contributed by atoms with Crippen molar-refractivity contribution < 1.29 is 0 Å². The molecule has 1 atom stereocenters. The Balaban J connectivity index is 2.03. The third-order valence-electron chi connectivity index (χ3n) is 2.52. The third-order valence-corrected chi connectivity index (χ3v) is 4.28. The smallest absolute Gasteiger partial charge is 0.0663 e. The number of rotatable bonds is 0. The normalized spacial score (nSPS) is 40.9. The highest BCUT2D eigenvalue weighted by Gasteiger charge is 2.49. The van der Waals surface area contributed by atoms with Crippen molar-refractivity contribution in [1.82, 2.24) is 5.32 Å². The molecule has 0 aromatic carbocycles. The summed E-state index contributed by atoms with van der Waals surface area (Å²) < 4.78 is 0.800. The van der Waals surface area contributed by atoms with E-state index < -0.39 is 0 Å². The van der Waals surface area contributed by atoms with Crippen molar-refractivity contribution in [3.63, 3.8) is 0 Å². The molecule has 0 bridgehead atoms. The Morgan fingerprint density at radius 1 is 1.50 bits per heavy atom. The molecule has 0 radical (unpaired) electrons. The van der Waals surface area contributed by atoms with Crippen molar-refractivity contribution in [2.45, 2.75) is 23.3 Å². The largest absolute Gasteiger partial charge is 0.304 e. The average Bonchev–Trinajstić information content (AvgIpc) is 1.58. The van der Waals surface area contributed by atoms with Gasteiger partial charge >= 0.3 is 0 Å². The standard InChI is InChI=1S/C6H10IN/c7-5-6(4-8-5)2-1-3-6/h5,8H,1-4H2. The van der Waals surface area contributed by atoms with Crippen molar-refractivity contribution in [2.24, 2.45) is 5.41 Å². The molecule has 8 heavy (non-hydrogen) atoms. The molecule has 0 aromatic rings. The van der Waals surface area contributed by atoms with Gasteiger partial charge < -0.3 is 5.32 Å². The number of nitrogens with one attached hydrogen (secondary N) is 1. The van der Waals surface area contributed by atoms with Gasteiger partial charge in [-0.15, -0.1) is 0 Å². The average molecular weight is 223 g/mol. The van der Waals surface area contributed by atoms with Crippen LogP contribution in [0.5, 0.6) is 0 Å². The quantitative estimate of drug-likeness (QED) is 0.373. The van der Waals surface area contributed by atoms with Gasteiger partial charge in [0.1, 0.15) is 0 Å². The Kier molecular flexibility index (Phi) is 1.09. The van der Waals surface area contributed by atoms with Gasteiger partial charge in [0.15, 0.2) is 0 Å². The lowest BCUT2D eigenvalue weighted by Crippen LogP contribution is -2.62. The molecule has 0 aromatic heterocycles. The Morgan fingerprint density at radius 3 is 2.25 bits per heavy atom. The fraction of sp³-hybridized carbons (Fsp3) is 1.00. The van der Waals surface area contributed by atoms with Gasteiger partial charge in [-0.05, 0) is 12.8 Å². The topological polar surface area (TPSA) is 12.0 Å². The van der Waals surface area contributed by atoms with E-state index in [2.05, 4.69) is 27.9 Å². The molecule has 2 heteroatoms. The second-order valence-corrected chi connectivity index (χ2v) is 4.21. The van der Waals surface area contributed by atoms with E-state index in [0.717, 1.165) is 9.46 Å². The molecule has 1 saturated heterocycles. The first-order chi connectivity index (χ1) is 3.83. The van der Waals surface area contributed by atoms with Crippen LogP contribution < -0.4 is 5.32 Å². The highest BCUT2D eigenvalue weighted by Crippen LogP contribution is 2.50. The Morgan fingerprint density at radius 2 is 2.25 bits per heavy atom. The van der Waals surface area contributed by atoms with Crippen LogP contribution in [0.25, 0.3) is 0 Å². The van der Waals surface area contributed by atoms with Gasteiger partial charge in [-0.1, -0.05) is 29.0 Å². The maximum absolute atomic E-state index is 3.39. The van der Waals surface area contributed by atoms with Crippen LogP contribution in [0, 0.1) is 5.41 Å². The summed E-state index contributed by atoms with van der Waals surface area (Å²) >= 11 is 2.51. The van der Waals surface area contributed by atoms with E-state index in [1.54, 1.807) is 0 Å². The second-order valence-electron chi connectivity index (χ2n) is 2.96. The Labute approximate surface area is 63.4 Å². The molecule has 1 nitrogen and oxygen atoms in total. The Bertz CT molecular complexity index is 104. The molecule has 1 unspecified atom stereocenters. The third kappa shape index (κ3) is 0.506. The number of alkyl halides is 1. The van der Waals surface area contributed by atoms with Gasteiger partial charge in [0.05, 0.1) is 4.05 Å². The minimum absolute atomic E-state index is 0.778. The van der Waals surface area contributed by atoms with Crippen molar-refractivity contribution in [2.75, 3.05) is 6.54 Å². The first-order valence-corrected chi connectivity index (χ1v) is 4.46. The molecule has 46 valence electrons. The van der Waals surface area contributed by atoms with Crippen molar-refractivity contribution in [3.05, 3.63) is 0 Å². The molecule has 2 aliphatic rings. The van der Waals surface area contributed by atoms with E-state index >= 15 is 0 Å². The summed E-state index contributed by atoms with van der Waals surface area (Å²) in [6, 6.07) is 0. The lowest BCUT2D eigenvalue weighted by molar-refractivity contribution is 0.0496. The number of hydrogen-bond acceptors (Lipinski definition) is 1. The van der Waals surface area contributed by atoms with Gasteiger partial charge in [-0.3, -0.25) is 0 Å². The molecule has 2 fully saturated rings. The first kappa shape index (κ1) is 5.47. The molecule has 1 aliphatic heterocycles. The maximum Gasteiger partial charge on any atom is 0.0663 e. The summed E-state index contributed by atoms with van der Waals surface area (Å²) in [5.41, 5.74) is 0.778. The van der Waals surface area contributed by atoms with Crippen LogP contribution in [-0.4, -0.2) is 10.6 Å². The minimum atomic E-state index is 0.778. The molecular weight excluding hydrogens is 213 g/mol. The Hall–Kier alpha value is 0.690. The lowest BCUT2D eigenvalue weighted by Gasteiger charge is -2.54. The molecule has 1 aliphatic carbocycles. The summed E-state index contributed by atoms with van der Waals surface area (Å²) in [5.74, 6) is 0. The fourth-order valence-corrected chi connectivity index (χ4v) is 2.59. The summed E-state index contributed by atoms with van der Waals surface area (Å²) in [7, 11) is 0. The zero-order valence-electron chi connectivity index (χ0n) is 4.78. The summed E-state index contributed by atoms with van der Waals surface area (Å²) in [4.78, 5) is 0. The molecule has 1 saturated carbocycles. The predicted molar refractivity (Wildman–Crippen MR) is 42.1 cm³/mol. The van der Waals surface area contributed by atoms with E-state index in [9.17, 15) is 0 Å². The zero-order valence-corrected chi connectivity index (χ0v) is 6.94. The SMILES string of the molecule is IC1NCC12CCC2. The van der Waals surface area contributed by atoms with Gasteiger partial charge in [-0.25, -0.2) is 0 Å². The van der Waals surface area contributed by atoms with Crippen LogP contribution in [0.1, 0.15) is 19.3 Å². The van der Waals surface area contributed by atoms with E-state index in [1.165, 1.54) is 25.8 Å². The van der Waals surface area contributed by atoms with Crippen LogP contribution in [0.2, 0.25) is 0 Å². The van der Waals surface area contributed by atoms with Crippen LogP contribution >= 0.6 is 22.6 Å². The highest BCUT2D eigenvalue weighted by atomic mass is 127. The second kappa shape index (κ2) is 1.59. The van der Waals surface area contributed by atoms with Crippen LogP contribution in [0.3, 0.4) is 0 Å². The predicted octanol–water partition coefficient (Wildman–Crippen LogP) is 1.52. The zero-order chi connectivity index (χ0) is 5.61. The summed E-state index contributed by atoms with van der Waals surface area (Å²) in [6.07, 6.45) is 4.43. The van der Waals surface area contributed by atoms with Crippen molar-refractivity contribution >= 4 is 22.6 Å². The van der Waals surface area contributed by atoms with Crippen LogP contribution in [0.15, 0.2) is 0 Å². The number of hydrogen-bond donors (Lipinski definition) is 1. The van der Waals surface area contributed by atoms with Crippen molar-refractivity contribution in [1.29, 1.82) is 0 Å². The van der Waals surface area contributed by atoms with E-state index in [-0.39, 0.29) is 0 Å². The molecule has 1 spiro atoms. The highest BCUT2D eigenvalue weighted by molar-refractivity contribution is 14.1. The van der Waals surface area contributed by atoms with Gasteiger partial charge in [0.2, 0.25) is 0 Å². The fourth-order valence-electron chi connectivity index (χ4n) is 1.53. The van der Waals surface area contributed by atoms with Crippen molar-refractivity contribution in [3.8, 4) is 0 Å². The molecule has 1 N–H and O–H groups in total. The van der Waals surface area contributed by atoms with E-state index in [1.807, 2.05) is 0 Å². The van der Waals surface area contributed by atoms with Gasteiger partial charge in [-0.2, -0.15) is 0 Å². The van der Waals surface area contributed by atoms with Gasteiger partial charge in [0, 0.05) is 12.0 Å². The van der Waals surface area contributed by atoms with Crippen LogP contribution in [0.4, 0.5) is 0 Å². The maximum atomic E-state index is 3.39. The van der Waals surface area contributed by atoms with Crippen LogP contribution in [-0.2, 0) is 0 Å². The molecule has 0 amide bonds. The van der Waals surface area contributed by atoms with E-state index in [4.69, 9.17) is 0 Å². The monoisotopic (exact) mass is 223 g/mol. The summed E-state index contributed by atoms with van der Waals surface area (Å²) in [6.45, 7) is 1.29. The molecular formula is C6H10IN. The lowest BCUT2D eigenvalue weighted by atomic mass is 9.65. The first-order valence-electron chi connectivity index (χ1n) is 3.21. The van der Waals surface area contributed by atoms with Gasteiger partial charge in [0.25, 0.3) is 0 Å². The van der Waals surface area contributed by atoms with E-state index in [0.29, 0.717) is 0 Å².